The van der Waals surface area contributed by atoms with Crippen molar-refractivity contribution >= 4 is 0 Å². The monoisotopic (exact) mass is 141 g/mol. The summed E-state index contributed by atoms with van der Waals surface area (Å²) in [6, 6.07) is 0. The van der Waals surface area contributed by atoms with Gasteiger partial charge in [-0.3, -0.25) is 0 Å². The van der Waals surface area contributed by atoms with Crippen LogP contribution in [0, 0.1) is 5.41 Å². The van der Waals surface area contributed by atoms with Crippen molar-refractivity contribution in [3.8, 4) is 0 Å². The third-order valence-electron chi connectivity index (χ3n) is 1.27. The fraction of sp³-hybridized carbons (Fsp3) is 1.00. The van der Waals surface area contributed by atoms with Crippen molar-refractivity contribution < 1.29 is 13.2 Å². The van der Waals surface area contributed by atoms with E-state index in [9.17, 15) is 13.2 Å². The molecule has 9 heavy (non-hydrogen) atoms. The van der Waals surface area contributed by atoms with Crippen LogP contribution < -0.4 is 5.73 Å². The van der Waals surface area contributed by atoms with E-state index in [4.69, 9.17) is 0 Å². The van der Waals surface area contributed by atoms with Crippen molar-refractivity contribution in [3.63, 3.8) is 0 Å². The highest BCUT2D eigenvalue weighted by atomic mass is 19.3. The molecule has 0 amide bonds. The fourth-order valence-corrected chi connectivity index (χ4v) is 0.120. The third-order valence-corrected chi connectivity index (χ3v) is 1.27. The molecule has 0 radical (unpaired) electrons. The Balaban J connectivity index is 4.01. The topological polar surface area (TPSA) is 26.0 Å². The maximum Gasteiger partial charge on any atom is 0.247 e. The van der Waals surface area contributed by atoms with Crippen LogP contribution in [0.1, 0.15) is 13.8 Å². The van der Waals surface area contributed by atoms with Gasteiger partial charge in [0.2, 0.25) is 6.43 Å². The molecule has 0 fully saturated rings. The molecule has 0 saturated carbocycles. The molecule has 0 aliphatic heterocycles. The van der Waals surface area contributed by atoms with E-state index in [0.717, 1.165) is 13.8 Å². The summed E-state index contributed by atoms with van der Waals surface area (Å²) in [5.74, 6) is 0. The zero-order valence-electron chi connectivity index (χ0n) is 5.37. The smallest absolute Gasteiger partial charge is 0.247 e. The van der Waals surface area contributed by atoms with Crippen LogP contribution in [0.3, 0.4) is 0 Å². The lowest BCUT2D eigenvalue weighted by atomic mass is 9.93. The van der Waals surface area contributed by atoms with Crippen LogP contribution in [0.15, 0.2) is 0 Å². The van der Waals surface area contributed by atoms with E-state index < -0.39 is 18.1 Å². The van der Waals surface area contributed by atoms with E-state index in [2.05, 4.69) is 5.73 Å². The predicted octanol–water partition coefficient (Wildman–Crippen LogP) is 1.53. The van der Waals surface area contributed by atoms with Gasteiger partial charge in [-0.25, -0.2) is 13.2 Å². The standard InChI is InChI=1S/C5H10F3N/c1-5(2,3(6)7)4(8)9/h3-4H,9H2,1-2H3. The van der Waals surface area contributed by atoms with Gasteiger partial charge in [0.15, 0.2) is 6.30 Å². The van der Waals surface area contributed by atoms with Gasteiger partial charge in [-0.15, -0.1) is 0 Å². The maximum absolute atomic E-state index is 12.0. The Bertz CT molecular complexity index is 80.2. The first-order valence-electron chi connectivity index (χ1n) is 2.57. The minimum absolute atomic E-state index is 1.09. The number of alkyl halides is 3. The molecule has 2 N–H and O–H groups in total. The highest BCUT2D eigenvalue weighted by Crippen LogP contribution is 2.27. The van der Waals surface area contributed by atoms with Gasteiger partial charge in [0.05, 0.1) is 5.41 Å². The average Bonchev–Trinajstić information content (AvgIpc) is 1.65. The van der Waals surface area contributed by atoms with Crippen molar-refractivity contribution in [2.75, 3.05) is 0 Å². The second-order valence-corrected chi connectivity index (χ2v) is 2.52. The van der Waals surface area contributed by atoms with Crippen molar-refractivity contribution in [2.24, 2.45) is 11.1 Å². The summed E-state index contributed by atoms with van der Waals surface area (Å²) in [5, 5.41) is 0. The Kier molecular flexibility index (Phi) is 2.49. The van der Waals surface area contributed by atoms with Gasteiger partial charge in [-0.1, -0.05) is 13.8 Å². The number of rotatable bonds is 2. The Morgan fingerprint density at radius 3 is 1.56 bits per heavy atom. The molecule has 0 aliphatic carbocycles. The molecule has 0 aromatic heterocycles. The number of halogens is 3. The zero-order valence-corrected chi connectivity index (χ0v) is 5.37. The van der Waals surface area contributed by atoms with Gasteiger partial charge in [0.1, 0.15) is 0 Å². The SMILES string of the molecule is CC(C)(C(N)F)C(F)F. The van der Waals surface area contributed by atoms with Crippen LogP contribution in [-0.4, -0.2) is 12.7 Å². The second-order valence-electron chi connectivity index (χ2n) is 2.52. The summed E-state index contributed by atoms with van der Waals surface area (Å²) in [6.45, 7) is 2.17. The molecule has 0 aromatic carbocycles. The van der Waals surface area contributed by atoms with E-state index in [0.29, 0.717) is 0 Å². The summed E-state index contributed by atoms with van der Waals surface area (Å²) >= 11 is 0. The summed E-state index contributed by atoms with van der Waals surface area (Å²) in [5.41, 5.74) is 2.90. The van der Waals surface area contributed by atoms with Crippen LogP contribution in [0.4, 0.5) is 13.2 Å². The van der Waals surface area contributed by atoms with Crippen molar-refractivity contribution in [1.29, 1.82) is 0 Å². The number of nitrogens with two attached hydrogens (primary N) is 1. The highest BCUT2D eigenvalue weighted by Gasteiger charge is 2.36. The quantitative estimate of drug-likeness (QED) is 0.580. The fourth-order valence-electron chi connectivity index (χ4n) is 0.120. The molecule has 56 valence electrons. The molecule has 0 heterocycles. The van der Waals surface area contributed by atoms with Crippen LogP contribution in [0.25, 0.3) is 0 Å². The first-order chi connectivity index (χ1) is 3.89. The average molecular weight is 141 g/mol. The van der Waals surface area contributed by atoms with Crippen molar-refractivity contribution in [1.82, 2.24) is 0 Å². The Morgan fingerprint density at radius 2 is 1.56 bits per heavy atom. The summed E-state index contributed by atoms with van der Waals surface area (Å²) in [7, 11) is 0. The second kappa shape index (κ2) is 2.56. The van der Waals surface area contributed by atoms with E-state index >= 15 is 0 Å². The minimum atomic E-state index is -2.71. The van der Waals surface area contributed by atoms with E-state index in [1.807, 2.05) is 0 Å². The van der Waals surface area contributed by atoms with Gasteiger partial charge in [-0.2, -0.15) is 0 Å². The van der Waals surface area contributed by atoms with Gasteiger partial charge >= 0.3 is 0 Å². The molecule has 0 saturated heterocycles. The lowest BCUT2D eigenvalue weighted by Crippen LogP contribution is -2.38. The number of hydrogen-bond acceptors (Lipinski definition) is 1. The zero-order chi connectivity index (χ0) is 7.65. The molecule has 0 aliphatic rings. The van der Waals surface area contributed by atoms with E-state index in [1.54, 1.807) is 0 Å². The number of hydrogen-bond donors (Lipinski definition) is 1. The van der Waals surface area contributed by atoms with Crippen LogP contribution in [-0.2, 0) is 0 Å². The van der Waals surface area contributed by atoms with E-state index in [-0.39, 0.29) is 0 Å². The molecular formula is C5H10F3N. The molecule has 1 unspecified atom stereocenters. The molecule has 1 nitrogen and oxygen atoms in total. The van der Waals surface area contributed by atoms with Crippen molar-refractivity contribution in [3.05, 3.63) is 0 Å². The molecule has 0 bridgehead atoms. The molecular weight excluding hydrogens is 131 g/mol. The third kappa shape index (κ3) is 1.86. The summed E-state index contributed by atoms with van der Waals surface area (Å²) < 4.78 is 35.5. The normalized spacial score (nSPS) is 16.3. The lowest BCUT2D eigenvalue weighted by molar-refractivity contribution is -0.0318. The molecule has 0 spiro atoms. The molecule has 0 rings (SSSR count). The first-order valence-corrected chi connectivity index (χ1v) is 2.57. The summed E-state index contributed by atoms with van der Waals surface area (Å²) in [6.07, 6.45) is -4.67. The first kappa shape index (κ1) is 8.75. The molecule has 0 aromatic rings. The van der Waals surface area contributed by atoms with Crippen LogP contribution in [0.5, 0.6) is 0 Å². The van der Waals surface area contributed by atoms with Crippen LogP contribution >= 0.6 is 0 Å². The molecule has 4 heteroatoms. The maximum atomic E-state index is 12.0. The van der Waals surface area contributed by atoms with Gasteiger partial charge < -0.3 is 5.73 Å². The lowest BCUT2D eigenvalue weighted by Gasteiger charge is -2.24. The van der Waals surface area contributed by atoms with E-state index in [1.165, 1.54) is 0 Å². The van der Waals surface area contributed by atoms with Crippen molar-refractivity contribution in [2.45, 2.75) is 26.6 Å². The Labute approximate surface area is 52.0 Å². The van der Waals surface area contributed by atoms with Gasteiger partial charge in [0, 0.05) is 0 Å². The molecule has 1 atom stereocenters. The largest absolute Gasteiger partial charge is 0.301 e. The van der Waals surface area contributed by atoms with Gasteiger partial charge in [-0.05, 0) is 0 Å². The predicted molar refractivity (Wildman–Crippen MR) is 28.9 cm³/mol. The Hall–Kier alpha value is -0.250. The van der Waals surface area contributed by atoms with Gasteiger partial charge in [0.25, 0.3) is 0 Å². The highest BCUT2D eigenvalue weighted by molar-refractivity contribution is 4.75. The Morgan fingerprint density at radius 1 is 1.22 bits per heavy atom. The minimum Gasteiger partial charge on any atom is -0.301 e. The van der Waals surface area contributed by atoms with Crippen LogP contribution in [0.2, 0.25) is 0 Å². The summed E-state index contributed by atoms with van der Waals surface area (Å²) in [4.78, 5) is 0.